The van der Waals surface area contributed by atoms with E-state index < -0.39 is 6.10 Å². The van der Waals surface area contributed by atoms with Gasteiger partial charge in [0.15, 0.2) is 0 Å². The standard InChI is InChI=1S/C19H21NO3/c1-14-4-3-5-19(15(14)2)23-13-17(21)12-22-18-8-6-16(7-9-18)10-11-20/h3-9,17,21H,10,12-13H2,1-2H3. The molecule has 4 heteroatoms. The van der Waals surface area contributed by atoms with Gasteiger partial charge in [0.2, 0.25) is 0 Å². The molecule has 0 spiro atoms. The zero-order valence-electron chi connectivity index (χ0n) is 13.5. The quantitative estimate of drug-likeness (QED) is 0.853. The van der Waals surface area contributed by atoms with Gasteiger partial charge < -0.3 is 14.6 Å². The van der Waals surface area contributed by atoms with E-state index in [2.05, 4.69) is 6.07 Å². The van der Waals surface area contributed by atoms with E-state index in [-0.39, 0.29) is 13.2 Å². The minimum atomic E-state index is -0.714. The molecule has 2 aromatic rings. The van der Waals surface area contributed by atoms with Crippen molar-refractivity contribution in [3.05, 3.63) is 59.2 Å². The fourth-order valence-corrected chi connectivity index (χ4v) is 2.10. The third-order valence-electron chi connectivity index (χ3n) is 3.64. The molecule has 0 aliphatic rings. The molecule has 0 fully saturated rings. The second kappa shape index (κ2) is 8.21. The molecule has 1 atom stereocenters. The minimum absolute atomic E-state index is 0.155. The Hall–Kier alpha value is -2.51. The number of nitriles is 1. The molecule has 1 N–H and O–H groups in total. The number of aryl methyl sites for hydroxylation is 1. The average Bonchev–Trinajstić information content (AvgIpc) is 2.56. The summed E-state index contributed by atoms with van der Waals surface area (Å²) in [7, 11) is 0. The van der Waals surface area contributed by atoms with Crippen molar-refractivity contribution in [2.24, 2.45) is 0 Å². The first-order chi connectivity index (χ1) is 11.1. The topological polar surface area (TPSA) is 62.5 Å². The van der Waals surface area contributed by atoms with Crippen LogP contribution < -0.4 is 9.47 Å². The van der Waals surface area contributed by atoms with Gasteiger partial charge in [-0.2, -0.15) is 5.26 Å². The lowest BCUT2D eigenvalue weighted by Gasteiger charge is -2.15. The maximum atomic E-state index is 9.98. The van der Waals surface area contributed by atoms with Crippen LogP contribution in [0.3, 0.4) is 0 Å². The zero-order valence-corrected chi connectivity index (χ0v) is 13.5. The van der Waals surface area contributed by atoms with Crippen LogP contribution in [0, 0.1) is 25.2 Å². The summed E-state index contributed by atoms with van der Waals surface area (Å²) >= 11 is 0. The number of nitrogens with zero attached hydrogens (tertiary/aromatic N) is 1. The van der Waals surface area contributed by atoms with Crippen LogP contribution in [-0.4, -0.2) is 24.4 Å². The number of benzene rings is 2. The summed E-state index contributed by atoms with van der Waals surface area (Å²) in [6.07, 6.45) is -0.333. The molecule has 0 heterocycles. The Kier molecular flexibility index (Phi) is 6.02. The second-order valence-electron chi connectivity index (χ2n) is 5.45. The normalized spacial score (nSPS) is 11.6. The lowest BCUT2D eigenvalue weighted by atomic mass is 10.1. The third kappa shape index (κ3) is 5.01. The fourth-order valence-electron chi connectivity index (χ4n) is 2.10. The lowest BCUT2D eigenvalue weighted by Crippen LogP contribution is -2.25. The van der Waals surface area contributed by atoms with Crippen LogP contribution in [0.2, 0.25) is 0 Å². The Morgan fingerprint density at radius 3 is 2.43 bits per heavy atom. The molecule has 0 bridgehead atoms. The van der Waals surface area contributed by atoms with Gasteiger partial charge in [0, 0.05) is 0 Å². The summed E-state index contributed by atoms with van der Waals surface area (Å²) in [5.74, 6) is 1.45. The Morgan fingerprint density at radius 1 is 1.04 bits per heavy atom. The smallest absolute Gasteiger partial charge is 0.122 e. The van der Waals surface area contributed by atoms with E-state index in [1.807, 2.05) is 44.2 Å². The van der Waals surface area contributed by atoms with Gasteiger partial charge in [-0.15, -0.1) is 0 Å². The van der Waals surface area contributed by atoms with Gasteiger partial charge in [-0.05, 0) is 48.7 Å². The largest absolute Gasteiger partial charge is 0.491 e. The first-order valence-electron chi connectivity index (χ1n) is 7.56. The van der Waals surface area contributed by atoms with E-state index in [1.54, 1.807) is 12.1 Å². The van der Waals surface area contributed by atoms with Crippen molar-refractivity contribution in [2.75, 3.05) is 13.2 Å². The highest BCUT2D eigenvalue weighted by Gasteiger charge is 2.08. The van der Waals surface area contributed by atoms with Crippen molar-refractivity contribution in [1.29, 1.82) is 5.26 Å². The molecule has 0 aromatic heterocycles. The Labute approximate surface area is 136 Å². The molecular formula is C19H21NO3. The van der Waals surface area contributed by atoms with Crippen molar-refractivity contribution >= 4 is 0 Å². The van der Waals surface area contributed by atoms with Gasteiger partial charge in [-0.3, -0.25) is 0 Å². The van der Waals surface area contributed by atoms with Crippen molar-refractivity contribution in [3.63, 3.8) is 0 Å². The van der Waals surface area contributed by atoms with Gasteiger partial charge in [0.25, 0.3) is 0 Å². The molecule has 1 unspecified atom stereocenters. The number of hydrogen-bond acceptors (Lipinski definition) is 4. The molecule has 2 aromatic carbocycles. The van der Waals surface area contributed by atoms with Crippen LogP contribution in [0.5, 0.6) is 11.5 Å². The summed E-state index contributed by atoms with van der Waals surface area (Å²) < 4.78 is 11.2. The van der Waals surface area contributed by atoms with Crippen LogP contribution in [0.15, 0.2) is 42.5 Å². The molecule has 23 heavy (non-hydrogen) atoms. The van der Waals surface area contributed by atoms with Gasteiger partial charge in [-0.1, -0.05) is 24.3 Å². The molecule has 0 radical (unpaired) electrons. The number of rotatable bonds is 7. The van der Waals surface area contributed by atoms with E-state index in [1.165, 1.54) is 0 Å². The highest BCUT2D eigenvalue weighted by atomic mass is 16.5. The van der Waals surface area contributed by atoms with Crippen LogP contribution >= 0.6 is 0 Å². The van der Waals surface area contributed by atoms with E-state index in [0.717, 1.165) is 22.4 Å². The maximum Gasteiger partial charge on any atom is 0.122 e. The Morgan fingerprint density at radius 2 is 1.74 bits per heavy atom. The van der Waals surface area contributed by atoms with E-state index in [9.17, 15) is 5.11 Å². The Bertz CT molecular complexity index is 674. The predicted molar refractivity (Wildman–Crippen MR) is 88.7 cm³/mol. The van der Waals surface area contributed by atoms with E-state index in [4.69, 9.17) is 14.7 Å². The summed E-state index contributed by atoms with van der Waals surface area (Å²) in [5, 5.41) is 18.6. The van der Waals surface area contributed by atoms with E-state index >= 15 is 0 Å². The van der Waals surface area contributed by atoms with Gasteiger partial charge in [0.1, 0.15) is 30.8 Å². The SMILES string of the molecule is Cc1cccc(OCC(O)COc2ccc(CC#N)cc2)c1C. The molecule has 0 saturated heterocycles. The van der Waals surface area contributed by atoms with Crippen molar-refractivity contribution in [2.45, 2.75) is 26.4 Å². The summed E-state index contributed by atoms with van der Waals surface area (Å²) in [6.45, 7) is 4.35. The first-order valence-corrected chi connectivity index (χ1v) is 7.56. The maximum absolute atomic E-state index is 9.98. The Balaban J connectivity index is 1.80. The number of aliphatic hydroxyl groups excluding tert-OH is 1. The van der Waals surface area contributed by atoms with Gasteiger partial charge in [0.05, 0.1) is 12.5 Å². The summed E-state index contributed by atoms with van der Waals surface area (Å²) in [4.78, 5) is 0. The molecule has 4 nitrogen and oxygen atoms in total. The van der Waals surface area contributed by atoms with Crippen LogP contribution in [0.4, 0.5) is 0 Å². The monoisotopic (exact) mass is 311 g/mol. The number of ether oxygens (including phenoxy) is 2. The van der Waals surface area contributed by atoms with Gasteiger partial charge in [-0.25, -0.2) is 0 Å². The van der Waals surface area contributed by atoms with Crippen molar-refractivity contribution < 1.29 is 14.6 Å². The molecule has 120 valence electrons. The lowest BCUT2D eigenvalue weighted by molar-refractivity contribution is 0.0624. The highest BCUT2D eigenvalue weighted by molar-refractivity contribution is 5.38. The molecule has 2 rings (SSSR count). The van der Waals surface area contributed by atoms with Gasteiger partial charge >= 0.3 is 0 Å². The van der Waals surface area contributed by atoms with Crippen molar-refractivity contribution in [1.82, 2.24) is 0 Å². The molecule has 0 aliphatic carbocycles. The average molecular weight is 311 g/mol. The number of aliphatic hydroxyl groups is 1. The van der Waals surface area contributed by atoms with Crippen LogP contribution in [0.1, 0.15) is 16.7 Å². The minimum Gasteiger partial charge on any atom is -0.491 e. The summed E-state index contributed by atoms with van der Waals surface area (Å²) in [5.41, 5.74) is 3.18. The molecule has 0 amide bonds. The van der Waals surface area contributed by atoms with Crippen LogP contribution in [-0.2, 0) is 6.42 Å². The zero-order chi connectivity index (χ0) is 16.7. The van der Waals surface area contributed by atoms with E-state index in [0.29, 0.717) is 12.2 Å². The highest BCUT2D eigenvalue weighted by Crippen LogP contribution is 2.20. The number of hydrogen-bond donors (Lipinski definition) is 1. The fraction of sp³-hybridized carbons (Fsp3) is 0.316. The predicted octanol–water partition coefficient (Wildman–Crippen LogP) is 3.19. The van der Waals surface area contributed by atoms with Crippen molar-refractivity contribution in [3.8, 4) is 17.6 Å². The van der Waals surface area contributed by atoms with Crippen LogP contribution in [0.25, 0.3) is 0 Å². The summed E-state index contributed by atoms with van der Waals surface area (Å²) in [6, 6.07) is 15.2. The first kappa shape index (κ1) is 16.9. The molecule has 0 aliphatic heterocycles. The molecule has 0 saturated carbocycles. The molecular weight excluding hydrogens is 290 g/mol. The third-order valence-corrected chi connectivity index (χ3v) is 3.64. The second-order valence-corrected chi connectivity index (χ2v) is 5.45.